The van der Waals surface area contributed by atoms with Crippen LogP contribution in [0.2, 0.25) is 5.02 Å². The van der Waals surface area contributed by atoms with E-state index in [0.717, 1.165) is 0 Å². The van der Waals surface area contributed by atoms with Gasteiger partial charge in [-0.15, -0.1) is 0 Å². The van der Waals surface area contributed by atoms with Crippen LogP contribution in [0, 0.1) is 0 Å². The van der Waals surface area contributed by atoms with Gasteiger partial charge in [-0.05, 0) is 33.6 Å². The lowest BCUT2D eigenvalue weighted by molar-refractivity contribution is -0.126. The molecule has 7 heteroatoms. The van der Waals surface area contributed by atoms with E-state index in [1.807, 2.05) is 0 Å². The molecule has 0 bridgehead atoms. The molecule has 2 N–H and O–H groups in total. The first kappa shape index (κ1) is 14.8. The molecule has 1 unspecified atom stereocenters. The molecule has 0 aliphatic rings. The molecule has 0 aliphatic carbocycles. The first-order valence-corrected chi connectivity index (χ1v) is 5.86. The summed E-state index contributed by atoms with van der Waals surface area (Å²) < 4.78 is 36.7. The Morgan fingerprint density at radius 1 is 1.41 bits per heavy atom. The molecule has 1 atom stereocenters. The second kappa shape index (κ2) is 6.04. The Labute approximate surface area is 110 Å². The topological polar surface area (TPSA) is 32.3 Å². The van der Waals surface area contributed by atoms with E-state index in [0.29, 0.717) is 15.1 Å². The number of halogens is 5. The minimum atomic E-state index is -4.31. The van der Waals surface area contributed by atoms with E-state index < -0.39 is 25.4 Å². The first-order chi connectivity index (χ1) is 7.83. The highest BCUT2D eigenvalue weighted by Crippen LogP contribution is 2.26. The van der Waals surface area contributed by atoms with E-state index in [4.69, 9.17) is 16.7 Å². The lowest BCUT2D eigenvalue weighted by Gasteiger charge is -2.18. The summed E-state index contributed by atoms with van der Waals surface area (Å²) in [4.78, 5) is 0. The van der Waals surface area contributed by atoms with Crippen molar-refractivity contribution in [1.29, 1.82) is 0 Å². The third-order valence-corrected chi connectivity index (χ3v) is 3.29. The van der Waals surface area contributed by atoms with Crippen molar-refractivity contribution < 1.29 is 18.3 Å². The van der Waals surface area contributed by atoms with Gasteiger partial charge in [-0.25, -0.2) is 0 Å². The average molecular weight is 333 g/mol. The Hall–Kier alpha value is -0.300. The second-order valence-electron chi connectivity index (χ2n) is 3.40. The van der Waals surface area contributed by atoms with Crippen molar-refractivity contribution in [1.82, 2.24) is 5.32 Å². The largest absolute Gasteiger partial charge is 0.401 e. The van der Waals surface area contributed by atoms with Gasteiger partial charge in [-0.2, -0.15) is 13.2 Å². The molecule has 0 radical (unpaired) electrons. The Morgan fingerprint density at radius 2 is 2.06 bits per heavy atom. The average Bonchev–Trinajstić information content (AvgIpc) is 2.22. The number of nitrogens with one attached hydrogen (secondary N) is 1. The van der Waals surface area contributed by atoms with Gasteiger partial charge in [0.1, 0.15) is 0 Å². The lowest BCUT2D eigenvalue weighted by Crippen LogP contribution is -2.33. The molecule has 0 aromatic heterocycles. The molecule has 1 aromatic carbocycles. The highest BCUT2D eigenvalue weighted by molar-refractivity contribution is 9.10. The Bertz CT molecular complexity index is 386. The molecule has 1 aromatic rings. The van der Waals surface area contributed by atoms with E-state index in [9.17, 15) is 13.2 Å². The quantitative estimate of drug-likeness (QED) is 0.887. The van der Waals surface area contributed by atoms with Gasteiger partial charge in [0.25, 0.3) is 0 Å². The fraction of sp³-hybridized carbons (Fsp3) is 0.400. The van der Waals surface area contributed by atoms with Crippen molar-refractivity contribution in [3.8, 4) is 0 Å². The molecule has 1 rings (SSSR count). The summed E-state index contributed by atoms with van der Waals surface area (Å²) >= 11 is 8.94. The molecule has 0 spiro atoms. The van der Waals surface area contributed by atoms with Crippen LogP contribution in [0.25, 0.3) is 0 Å². The minimum absolute atomic E-state index is 0.426. The van der Waals surface area contributed by atoms with E-state index in [2.05, 4.69) is 21.2 Å². The fourth-order valence-corrected chi connectivity index (χ4v) is 1.77. The number of benzene rings is 1. The molecular formula is C10H10BrClF3NO. The molecule has 2 nitrogen and oxygen atoms in total. The molecule has 0 heterocycles. The predicted octanol–water partition coefficient (Wildman–Crippen LogP) is 3.29. The first-order valence-electron chi connectivity index (χ1n) is 4.69. The second-order valence-corrected chi connectivity index (χ2v) is 4.67. The van der Waals surface area contributed by atoms with Gasteiger partial charge < -0.3 is 5.11 Å². The standard InChI is InChI=1S/C10H10BrClF3NO/c11-7-3-6(1-2-8(7)12)9(4-17)16-5-10(13,14)15/h1-3,9,16-17H,4-5H2. The lowest BCUT2D eigenvalue weighted by atomic mass is 10.1. The number of aliphatic hydroxyl groups excluding tert-OH is 1. The number of hydrogen-bond acceptors (Lipinski definition) is 2. The van der Waals surface area contributed by atoms with Gasteiger partial charge >= 0.3 is 6.18 Å². The fourth-order valence-electron chi connectivity index (χ4n) is 1.26. The molecule has 0 aliphatic heterocycles. The van der Waals surface area contributed by atoms with Gasteiger partial charge in [-0.3, -0.25) is 5.32 Å². The maximum Gasteiger partial charge on any atom is 0.401 e. The number of rotatable bonds is 4. The van der Waals surface area contributed by atoms with E-state index in [1.54, 1.807) is 18.2 Å². The molecule has 0 fully saturated rings. The third kappa shape index (κ3) is 4.83. The normalized spacial score (nSPS) is 13.8. The summed E-state index contributed by atoms with van der Waals surface area (Å²) in [5, 5.41) is 11.8. The molecular weight excluding hydrogens is 322 g/mol. The predicted molar refractivity (Wildman–Crippen MR) is 63.0 cm³/mol. The molecule has 96 valence electrons. The van der Waals surface area contributed by atoms with Crippen LogP contribution in [0.4, 0.5) is 13.2 Å². The van der Waals surface area contributed by atoms with Crippen LogP contribution in [0.15, 0.2) is 22.7 Å². The van der Waals surface area contributed by atoms with Crippen LogP contribution in [0.5, 0.6) is 0 Å². The van der Waals surface area contributed by atoms with Crippen molar-refractivity contribution in [3.63, 3.8) is 0 Å². The minimum Gasteiger partial charge on any atom is -0.394 e. The van der Waals surface area contributed by atoms with Crippen molar-refractivity contribution in [3.05, 3.63) is 33.3 Å². The Kier molecular flexibility index (Phi) is 5.24. The van der Waals surface area contributed by atoms with Crippen LogP contribution in [-0.4, -0.2) is 24.4 Å². The van der Waals surface area contributed by atoms with Crippen molar-refractivity contribution in [2.24, 2.45) is 0 Å². The van der Waals surface area contributed by atoms with E-state index in [1.165, 1.54) is 0 Å². The zero-order chi connectivity index (χ0) is 13.1. The zero-order valence-corrected chi connectivity index (χ0v) is 10.9. The van der Waals surface area contributed by atoms with Crippen LogP contribution >= 0.6 is 27.5 Å². The zero-order valence-electron chi connectivity index (χ0n) is 8.56. The number of alkyl halides is 3. The summed E-state index contributed by atoms with van der Waals surface area (Å²) in [5.74, 6) is 0. The van der Waals surface area contributed by atoms with Gasteiger partial charge in [-0.1, -0.05) is 17.7 Å². The molecule has 0 amide bonds. The Morgan fingerprint density at radius 3 is 2.53 bits per heavy atom. The number of hydrogen-bond donors (Lipinski definition) is 2. The summed E-state index contributed by atoms with van der Waals surface area (Å²) in [6.07, 6.45) is -4.31. The van der Waals surface area contributed by atoms with Crippen LogP contribution in [-0.2, 0) is 0 Å². The summed E-state index contributed by atoms with van der Waals surface area (Å²) in [6, 6.07) is 3.92. The molecule has 0 saturated heterocycles. The maximum atomic E-state index is 12.0. The highest BCUT2D eigenvalue weighted by atomic mass is 79.9. The van der Waals surface area contributed by atoms with Gasteiger partial charge in [0.15, 0.2) is 0 Å². The molecule has 0 saturated carbocycles. The summed E-state index contributed by atoms with van der Waals surface area (Å²) in [7, 11) is 0. The van der Waals surface area contributed by atoms with E-state index in [-0.39, 0.29) is 0 Å². The van der Waals surface area contributed by atoms with Crippen LogP contribution < -0.4 is 5.32 Å². The summed E-state index contributed by atoms with van der Waals surface area (Å²) in [5.41, 5.74) is 0.535. The smallest absolute Gasteiger partial charge is 0.394 e. The summed E-state index contributed by atoms with van der Waals surface area (Å²) in [6.45, 7) is -1.58. The van der Waals surface area contributed by atoms with Gasteiger partial charge in [0.2, 0.25) is 0 Å². The SMILES string of the molecule is OCC(NCC(F)(F)F)c1ccc(Cl)c(Br)c1. The highest BCUT2D eigenvalue weighted by Gasteiger charge is 2.28. The Balaban J connectivity index is 2.76. The third-order valence-electron chi connectivity index (χ3n) is 2.08. The van der Waals surface area contributed by atoms with Crippen LogP contribution in [0.1, 0.15) is 11.6 Å². The van der Waals surface area contributed by atoms with Gasteiger partial charge in [0.05, 0.1) is 24.2 Å². The van der Waals surface area contributed by atoms with Crippen molar-refractivity contribution in [2.45, 2.75) is 12.2 Å². The maximum absolute atomic E-state index is 12.0. The number of aliphatic hydroxyl groups is 1. The monoisotopic (exact) mass is 331 g/mol. The van der Waals surface area contributed by atoms with Crippen LogP contribution in [0.3, 0.4) is 0 Å². The van der Waals surface area contributed by atoms with Crippen molar-refractivity contribution in [2.75, 3.05) is 13.2 Å². The van der Waals surface area contributed by atoms with Crippen molar-refractivity contribution >= 4 is 27.5 Å². The van der Waals surface area contributed by atoms with E-state index >= 15 is 0 Å². The molecule has 17 heavy (non-hydrogen) atoms. The van der Waals surface area contributed by atoms with Gasteiger partial charge in [0, 0.05) is 4.47 Å².